The van der Waals surface area contributed by atoms with Gasteiger partial charge in [-0.15, -0.1) is 0 Å². The van der Waals surface area contributed by atoms with E-state index in [9.17, 15) is 4.79 Å². The Morgan fingerprint density at radius 3 is 2.42 bits per heavy atom. The third-order valence-corrected chi connectivity index (χ3v) is 1.53. The maximum absolute atomic E-state index is 11.2. The van der Waals surface area contributed by atoms with Crippen molar-refractivity contribution in [3.63, 3.8) is 0 Å². The van der Waals surface area contributed by atoms with Crippen LogP contribution in [0.25, 0.3) is 0 Å². The molecule has 0 rings (SSSR count). The summed E-state index contributed by atoms with van der Waals surface area (Å²) < 4.78 is 0. The van der Waals surface area contributed by atoms with Crippen LogP contribution in [0.5, 0.6) is 0 Å². The zero-order valence-corrected chi connectivity index (χ0v) is 8.65. The van der Waals surface area contributed by atoms with Gasteiger partial charge in [0.15, 0.2) is 0 Å². The van der Waals surface area contributed by atoms with Gasteiger partial charge in [0, 0.05) is 13.6 Å². The summed E-state index contributed by atoms with van der Waals surface area (Å²) in [6.45, 7) is 4.87. The average Bonchev–Trinajstić information content (AvgIpc) is 1.84. The fraction of sp³-hybridized carbons (Fsp3) is 0.750. The standard InChI is InChI=1S/C8H16N2OS/c1-6(2)5-10(3)8(11)4-7(9)12/h6H,4-5H2,1-3H3,(H2,9,12). The molecule has 0 saturated heterocycles. The Morgan fingerprint density at radius 2 is 2.08 bits per heavy atom. The molecule has 1 amide bonds. The van der Waals surface area contributed by atoms with Crippen molar-refractivity contribution in [1.29, 1.82) is 0 Å². The molecular formula is C8H16N2OS. The van der Waals surface area contributed by atoms with Crippen molar-refractivity contribution < 1.29 is 4.79 Å². The third-order valence-electron chi connectivity index (χ3n) is 1.39. The molecule has 70 valence electrons. The summed E-state index contributed by atoms with van der Waals surface area (Å²) in [5, 5.41) is 0. The molecule has 0 saturated carbocycles. The van der Waals surface area contributed by atoms with Crippen LogP contribution in [0.15, 0.2) is 0 Å². The lowest BCUT2D eigenvalue weighted by Gasteiger charge is -2.18. The second-order valence-corrected chi connectivity index (χ2v) is 3.84. The minimum Gasteiger partial charge on any atom is -0.393 e. The lowest BCUT2D eigenvalue weighted by Crippen LogP contribution is -2.32. The Hall–Kier alpha value is -0.640. The highest BCUT2D eigenvalue weighted by Gasteiger charge is 2.10. The van der Waals surface area contributed by atoms with Crippen molar-refractivity contribution in [2.45, 2.75) is 20.3 Å². The molecule has 4 heteroatoms. The van der Waals surface area contributed by atoms with E-state index < -0.39 is 0 Å². The monoisotopic (exact) mass is 188 g/mol. The van der Waals surface area contributed by atoms with Gasteiger partial charge in [0.1, 0.15) is 0 Å². The molecule has 12 heavy (non-hydrogen) atoms. The van der Waals surface area contributed by atoms with E-state index in [0.29, 0.717) is 5.92 Å². The molecule has 0 aliphatic heterocycles. The Labute approximate surface area is 78.9 Å². The van der Waals surface area contributed by atoms with Crippen molar-refractivity contribution in [1.82, 2.24) is 4.90 Å². The predicted molar refractivity (Wildman–Crippen MR) is 53.9 cm³/mol. The van der Waals surface area contributed by atoms with E-state index in [1.807, 2.05) is 0 Å². The van der Waals surface area contributed by atoms with Crippen molar-refractivity contribution in [3.8, 4) is 0 Å². The van der Waals surface area contributed by atoms with Gasteiger partial charge in [-0.25, -0.2) is 0 Å². The SMILES string of the molecule is CC(C)CN(C)C(=O)CC(N)=S. The average molecular weight is 188 g/mol. The van der Waals surface area contributed by atoms with Crippen LogP contribution in [0.4, 0.5) is 0 Å². The number of carbonyl (C=O) groups excluding carboxylic acids is 1. The highest BCUT2D eigenvalue weighted by Crippen LogP contribution is 1.98. The second kappa shape index (κ2) is 5.09. The predicted octanol–water partition coefficient (Wildman–Crippen LogP) is 0.777. The van der Waals surface area contributed by atoms with E-state index in [-0.39, 0.29) is 17.3 Å². The Morgan fingerprint density at radius 1 is 1.58 bits per heavy atom. The number of nitrogens with zero attached hydrogens (tertiary/aromatic N) is 1. The number of carbonyl (C=O) groups is 1. The van der Waals surface area contributed by atoms with Crippen molar-refractivity contribution >= 4 is 23.1 Å². The number of nitrogens with two attached hydrogens (primary N) is 1. The topological polar surface area (TPSA) is 46.3 Å². The zero-order valence-electron chi connectivity index (χ0n) is 7.83. The van der Waals surface area contributed by atoms with E-state index in [2.05, 4.69) is 26.1 Å². The first-order valence-corrected chi connectivity index (χ1v) is 4.36. The van der Waals surface area contributed by atoms with Crippen molar-refractivity contribution in [3.05, 3.63) is 0 Å². The Balaban J connectivity index is 3.85. The van der Waals surface area contributed by atoms with Gasteiger partial charge >= 0.3 is 0 Å². The molecule has 3 nitrogen and oxygen atoms in total. The number of hydrogen-bond donors (Lipinski definition) is 1. The fourth-order valence-electron chi connectivity index (χ4n) is 0.934. The molecule has 0 aromatic heterocycles. The normalized spacial score (nSPS) is 10.0. The van der Waals surface area contributed by atoms with Gasteiger partial charge in [-0.3, -0.25) is 4.79 Å². The van der Waals surface area contributed by atoms with E-state index >= 15 is 0 Å². The first-order valence-electron chi connectivity index (χ1n) is 3.95. The lowest BCUT2D eigenvalue weighted by atomic mass is 10.2. The molecule has 0 unspecified atom stereocenters. The van der Waals surface area contributed by atoms with E-state index in [4.69, 9.17) is 5.73 Å². The molecule has 0 spiro atoms. The van der Waals surface area contributed by atoms with E-state index in [0.717, 1.165) is 6.54 Å². The molecule has 0 fully saturated rings. The summed E-state index contributed by atoms with van der Waals surface area (Å²) in [5.74, 6) is 0.474. The smallest absolute Gasteiger partial charge is 0.229 e. The van der Waals surface area contributed by atoms with Crippen LogP contribution < -0.4 is 5.73 Å². The number of rotatable bonds is 4. The summed E-state index contributed by atoms with van der Waals surface area (Å²) in [7, 11) is 1.76. The molecule has 0 atom stereocenters. The highest BCUT2D eigenvalue weighted by atomic mass is 32.1. The lowest BCUT2D eigenvalue weighted by molar-refractivity contribution is -0.129. The Bertz CT molecular complexity index is 180. The van der Waals surface area contributed by atoms with E-state index in [1.165, 1.54) is 0 Å². The fourth-order valence-corrected chi connectivity index (χ4v) is 1.06. The molecule has 0 aliphatic rings. The first-order chi connectivity index (χ1) is 5.43. The second-order valence-electron chi connectivity index (χ2n) is 3.31. The molecular weight excluding hydrogens is 172 g/mol. The van der Waals surface area contributed by atoms with Crippen LogP contribution in [-0.4, -0.2) is 29.4 Å². The van der Waals surface area contributed by atoms with Gasteiger partial charge in [-0.05, 0) is 5.92 Å². The van der Waals surface area contributed by atoms with Gasteiger partial charge in [0.25, 0.3) is 0 Å². The summed E-state index contributed by atoms with van der Waals surface area (Å²) >= 11 is 4.63. The van der Waals surface area contributed by atoms with Gasteiger partial charge in [-0.1, -0.05) is 26.1 Å². The molecule has 2 N–H and O–H groups in total. The summed E-state index contributed by atoms with van der Waals surface area (Å²) in [4.78, 5) is 13.2. The van der Waals surface area contributed by atoms with Gasteiger partial charge in [0.05, 0.1) is 11.4 Å². The van der Waals surface area contributed by atoms with Crippen LogP contribution in [0.2, 0.25) is 0 Å². The van der Waals surface area contributed by atoms with Gasteiger partial charge in [0.2, 0.25) is 5.91 Å². The summed E-state index contributed by atoms with van der Waals surface area (Å²) in [6, 6.07) is 0. The number of thiocarbonyl (C=S) groups is 1. The maximum atomic E-state index is 11.2. The minimum absolute atomic E-state index is 0.00352. The molecule has 0 bridgehead atoms. The molecule has 0 aromatic carbocycles. The van der Waals surface area contributed by atoms with Crippen molar-refractivity contribution in [2.75, 3.05) is 13.6 Å². The van der Waals surface area contributed by atoms with Gasteiger partial charge < -0.3 is 10.6 Å². The number of hydrogen-bond acceptors (Lipinski definition) is 2. The van der Waals surface area contributed by atoms with Crippen LogP contribution in [0.1, 0.15) is 20.3 Å². The minimum atomic E-state index is -0.00352. The third kappa shape index (κ3) is 5.07. The molecule has 0 radical (unpaired) electrons. The number of amides is 1. The van der Waals surface area contributed by atoms with Crippen LogP contribution in [0, 0.1) is 5.92 Å². The largest absolute Gasteiger partial charge is 0.393 e. The van der Waals surface area contributed by atoms with Crippen LogP contribution in [0.3, 0.4) is 0 Å². The summed E-state index contributed by atoms with van der Waals surface area (Å²) in [5.41, 5.74) is 5.25. The van der Waals surface area contributed by atoms with Crippen molar-refractivity contribution in [2.24, 2.45) is 11.7 Å². The van der Waals surface area contributed by atoms with Crippen LogP contribution >= 0.6 is 12.2 Å². The Kier molecular flexibility index (Phi) is 4.81. The highest BCUT2D eigenvalue weighted by molar-refractivity contribution is 7.80. The van der Waals surface area contributed by atoms with E-state index in [1.54, 1.807) is 11.9 Å². The van der Waals surface area contributed by atoms with Gasteiger partial charge in [-0.2, -0.15) is 0 Å². The molecule has 0 aromatic rings. The first kappa shape index (κ1) is 11.4. The quantitative estimate of drug-likeness (QED) is 0.663. The zero-order chi connectivity index (χ0) is 9.72. The maximum Gasteiger partial charge on any atom is 0.229 e. The summed E-state index contributed by atoms with van der Waals surface area (Å²) in [6.07, 6.45) is 0.179. The molecule has 0 aliphatic carbocycles. The van der Waals surface area contributed by atoms with Crippen LogP contribution in [-0.2, 0) is 4.79 Å². The molecule has 0 heterocycles.